The molecule has 5 heteroatoms. The molecule has 2 N–H and O–H groups in total. The Labute approximate surface area is 117 Å². The number of nitrogens with zero attached hydrogens (tertiary/aromatic N) is 1. The highest BCUT2D eigenvalue weighted by Crippen LogP contribution is 2.17. The number of H-pyrrole nitrogens is 1. The Morgan fingerprint density at radius 1 is 1.40 bits per heavy atom. The van der Waals surface area contributed by atoms with E-state index in [1.165, 1.54) is 0 Å². The van der Waals surface area contributed by atoms with Gasteiger partial charge in [0.15, 0.2) is 0 Å². The van der Waals surface area contributed by atoms with E-state index in [0.29, 0.717) is 30.1 Å². The molecule has 0 aliphatic heterocycles. The Hall–Kier alpha value is -1.98. The number of aryl methyl sites for hydroxylation is 1. The van der Waals surface area contributed by atoms with Crippen molar-refractivity contribution in [3.05, 3.63) is 51.4 Å². The molecule has 0 bridgehead atoms. The number of ether oxygens (including phenoxy) is 1. The summed E-state index contributed by atoms with van der Waals surface area (Å²) in [5, 5.41) is 8.96. The van der Waals surface area contributed by atoms with Crippen LogP contribution in [0.5, 0.6) is 0 Å². The van der Waals surface area contributed by atoms with Crippen LogP contribution in [0.2, 0.25) is 0 Å². The highest BCUT2D eigenvalue weighted by Gasteiger charge is 2.09. The van der Waals surface area contributed by atoms with Crippen molar-refractivity contribution in [3.8, 4) is 11.4 Å². The maximum absolute atomic E-state index is 12.0. The first-order valence-corrected chi connectivity index (χ1v) is 6.44. The molecule has 2 aromatic rings. The van der Waals surface area contributed by atoms with Crippen LogP contribution in [0.1, 0.15) is 16.8 Å². The van der Waals surface area contributed by atoms with Gasteiger partial charge in [-0.1, -0.05) is 18.2 Å². The van der Waals surface area contributed by atoms with Crippen molar-refractivity contribution in [1.82, 2.24) is 9.97 Å². The van der Waals surface area contributed by atoms with Gasteiger partial charge in [-0.05, 0) is 18.6 Å². The van der Waals surface area contributed by atoms with Crippen LogP contribution in [0, 0.1) is 6.92 Å². The van der Waals surface area contributed by atoms with E-state index in [2.05, 4.69) is 9.97 Å². The Kier molecular flexibility index (Phi) is 4.65. The molecule has 1 aromatic carbocycles. The van der Waals surface area contributed by atoms with Crippen molar-refractivity contribution in [2.24, 2.45) is 0 Å². The smallest absolute Gasteiger partial charge is 0.254 e. The van der Waals surface area contributed by atoms with E-state index in [0.717, 1.165) is 11.1 Å². The number of hydrogen-bond acceptors (Lipinski definition) is 4. The molecule has 1 heterocycles. The summed E-state index contributed by atoms with van der Waals surface area (Å²) in [5.41, 5.74) is 2.85. The molecular formula is C15H18N2O3. The highest BCUT2D eigenvalue weighted by molar-refractivity contribution is 5.56. The average molecular weight is 274 g/mol. The van der Waals surface area contributed by atoms with Crippen LogP contribution >= 0.6 is 0 Å². The second-order valence-corrected chi connectivity index (χ2v) is 4.59. The molecule has 106 valence electrons. The maximum atomic E-state index is 12.0. The summed E-state index contributed by atoms with van der Waals surface area (Å²) in [6.07, 6.45) is 0.318. The van der Waals surface area contributed by atoms with Crippen molar-refractivity contribution in [1.29, 1.82) is 0 Å². The molecule has 0 amide bonds. The van der Waals surface area contributed by atoms with E-state index in [9.17, 15) is 4.79 Å². The van der Waals surface area contributed by atoms with E-state index in [4.69, 9.17) is 9.84 Å². The van der Waals surface area contributed by atoms with E-state index in [1.54, 1.807) is 14.0 Å². The molecule has 0 radical (unpaired) electrons. The predicted molar refractivity (Wildman–Crippen MR) is 76.5 cm³/mol. The minimum atomic E-state index is -0.196. The van der Waals surface area contributed by atoms with Gasteiger partial charge in [0.2, 0.25) is 0 Å². The topological polar surface area (TPSA) is 75.2 Å². The molecule has 0 fully saturated rings. The SMILES string of the molecule is COCc1cccc(-c2nc(C)c(CCO)c(=O)[nH]2)c1. The fourth-order valence-corrected chi connectivity index (χ4v) is 2.13. The lowest BCUT2D eigenvalue weighted by Gasteiger charge is -2.07. The number of aliphatic hydroxyl groups is 1. The van der Waals surface area contributed by atoms with Gasteiger partial charge in [-0.25, -0.2) is 4.98 Å². The minimum absolute atomic E-state index is 0.0612. The number of methoxy groups -OCH3 is 1. The molecule has 0 spiro atoms. The van der Waals surface area contributed by atoms with Gasteiger partial charge < -0.3 is 14.8 Å². The molecular weight excluding hydrogens is 256 g/mol. The van der Waals surface area contributed by atoms with Crippen molar-refractivity contribution in [2.75, 3.05) is 13.7 Å². The Morgan fingerprint density at radius 3 is 2.85 bits per heavy atom. The highest BCUT2D eigenvalue weighted by atomic mass is 16.5. The van der Waals surface area contributed by atoms with Gasteiger partial charge in [-0.3, -0.25) is 4.79 Å². The molecule has 0 atom stereocenters. The summed E-state index contributed by atoms with van der Waals surface area (Å²) in [6.45, 7) is 2.23. The summed E-state index contributed by atoms with van der Waals surface area (Å²) in [5.74, 6) is 0.534. The van der Waals surface area contributed by atoms with Crippen molar-refractivity contribution in [2.45, 2.75) is 20.0 Å². The molecule has 20 heavy (non-hydrogen) atoms. The van der Waals surface area contributed by atoms with Gasteiger partial charge in [0.1, 0.15) is 5.82 Å². The first kappa shape index (κ1) is 14.4. The lowest BCUT2D eigenvalue weighted by Crippen LogP contribution is -2.18. The van der Waals surface area contributed by atoms with Crippen LogP contribution < -0.4 is 5.56 Å². The number of hydrogen-bond donors (Lipinski definition) is 2. The van der Waals surface area contributed by atoms with E-state index < -0.39 is 0 Å². The Morgan fingerprint density at radius 2 is 2.20 bits per heavy atom. The second kappa shape index (κ2) is 6.45. The number of aromatic amines is 1. The molecule has 0 saturated heterocycles. The van der Waals surface area contributed by atoms with Crippen LogP contribution in [0.3, 0.4) is 0 Å². The van der Waals surface area contributed by atoms with Gasteiger partial charge in [-0.2, -0.15) is 0 Å². The summed E-state index contributed by atoms with van der Waals surface area (Å²) in [4.78, 5) is 19.2. The van der Waals surface area contributed by atoms with Crippen LogP contribution in [0.15, 0.2) is 29.1 Å². The lowest BCUT2D eigenvalue weighted by molar-refractivity contribution is 0.185. The number of aliphatic hydroxyl groups excluding tert-OH is 1. The third kappa shape index (κ3) is 3.12. The van der Waals surface area contributed by atoms with Gasteiger partial charge in [0.25, 0.3) is 5.56 Å². The predicted octanol–water partition coefficient (Wildman–Crippen LogP) is 1.43. The van der Waals surface area contributed by atoms with Gasteiger partial charge in [0.05, 0.1) is 6.61 Å². The zero-order valence-electron chi connectivity index (χ0n) is 11.6. The van der Waals surface area contributed by atoms with E-state index in [-0.39, 0.29) is 12.2 Å². The summed E-state index contributed by atoms with van der Waals surface area (Å²) >= 11 is 0. The molecule has 0 unspecified atom stereocenters. The fourth-order valence-electron chi connectivity index (χ4n) is 2.13. The van der Waals surface area contributed by atoms with E-state index >= 15 is 0 Å². The van der Waals surface area contributed by atoms with Gasteiger partial charge >= 0.3 is 0 Å². The molecule has 2 rings (SSSR count). The standard InChI is InChI=1S/C15H18N2O3/c1-10-13(6-7-18)15(19)17-14(16-10)12-5-3-4-11(8-12)9-20-2/h3-5,8,18H,6-7,9H2,1-2H3,(H,16,17,19). The maximum Gasteiger partial charge on any atom is 0.254 e. The first-order chi connectivity index (χ1) is 9.65. The quantitative estimate of drug-likeness (QED) is 0.864. The van der Waals surface area contributed by atoms with Crippen LogP contribution in [-0.2, 0) is 17.8 Å². The summed E-state index contributed by atoms with van der Waals surface area (Å²) in [6, 6.07) is 7.69. The molecule has 5 nitrogen and oxygen atoms in total. The Bertz CT molecular complexity index is 650. The third-order valence-corrected chi connectivity index (χ3v) is 3.10. The second-order valence-electron chi connectivity index (χ2n) is 4.59. The first-order valence-electron chi connectivity index (χ1n) is 6.44. The average Bonchev–Trinajstić information content (AvgIpc) is 2.43. The van der Waals surface area contributed by atoms with Crippen molar-refractivity contribution >= 4 is 0 Å². The lowest BCUT2D eigenvalue weighted by atomic mass is 10.1. The van der Waals surface area contributed by atoms with Crippen LogP contribution in [-0.4, -0.2) is 28.8 Å². The van der Waals surface area contributed by atoms with Crippen molar-refractivity contribution in [3.63, 3.8) is 0 Å². The fraction of sp³-hybridized carbons (Fsp3) is 0.333. The molecule has 0 saturated carbocycles. The molecule has 1 aromatic heterocycles. The molecule has 0 aliphatic rings. The number of benzene rings is 1. The van der Waals surface area contributed by atoms with Gasteiger partial charge in [-0.15, -0.1) is 0 Å². The zero-order valence-corrected chi connectivity index (χ0v) is 11.6. The molecule has 0 aliphatic carbocycles. The monoisotopic (exact) mass is 274 g/mol. The normalized spacial score (nSPS) is 10.8. The number of rotatable bonds is 5. The van der Waals surface area contributed by atoms with Crippen LogP contribution in [0.4, 0.5) is 0 Å². The van der Waals surface area contributed by atoms with Crippen molar-refractivity contribution < 1.29 is 9.84 Å². The number of nitrogens with one attached hydrogen (secondary N) is 1. The zero-order chi connectivity index (χ0) is 14.5. The third-order valence-electron chi connectivity index (χ3n) is 3.10. The Balaban J connectivity index is 2.43. The van der Waals surface area contributed by atoms with Crippen LogP contribution in [0.25, 0.3) is 11.4 Å². The van der Waals surface area contributed by atoms with E-state index in [1.807, 2.05) is 24.3 Å². The minimum Gasteiger partial charge on any atom is -0.396 e. The largest absolute Gasteiger partial charge is 0.396 e. The van der Waals surface area contributed by atoms with Gasteiger partial charge in [0, 0.05) is 37.0 Å². The number of aromatic nitrogens is 2. The summed E-state index contributed by atoms with van der Waals surface area (Å²) in [7, 11) is 1.64. The summed E-state index contributed by atoms with van der Waals surface area (Å²) < 4.78 is 5.10.